The molecule has 1 aromatic carbocycles. The molecule has 0 aromatic heterocycles. The summed E-state index contributed by atoms with van der Waals surface area (Å²) in [7, 11) is -1.50. The first-order valence-corrected chi connectivity index (χ1v) is 11.6. The van der Waals surface area contributed by atoms with Gasteiger partial charge in [0.25, 0.3) is 0 Å². The summed E-state index contributed by atoms with van der Waals surface area (Å²) >= 11 is 0. The van der Waals surface area contributed by atoms with Crippen LogP contribution in [0.2, 0.25) is 0 Å². The van der Waals surface area contributed by atoms with Crippen LogP contribution in [0.3, 0.4) is 0 Å². The van der Waals surface area contributed by atoms with Gasteiger partial charge >= 0.3 is 21.4 Å². The molecule has 0 saturated carbocycles. The molecular weight excluding hydrogens is 405 g/mol. The highest BCUT2D eigenvalue weighted by atomic mass is 16.7. The average molecular weight is 442 g/mol. The fourth-order valence-electron chi connectivity index (χ4n) is 3.96. The van der Waals surface area contributed by atoms with Gasteiger partial charge in [-0.25, -0.2) is 0 Å². The Morgan fingerprint density at radius 2 is 0.844 bits per heavy atom. The molecule has 4 rings (SSSR count). The molecule has 3 aliphatic rings. The molecule has 1 unspecified atom stereocenters. The highest BCUT2D eigenvalue weighted by Crippen LogP contribution is 2.38. The summed E-state index contributed by atoms with van der Waals surface area (Å²) in [5, 5.41) is 0. The third-order valence-electron chi connectivity index (χ3n) is 8.04. The van der Waals surface area contributed by atoms with Gasteiger partial charge in [0.05, 0.1) is 34.1 Å². The molecule has 0 spiro atoms. The third kappa shape index (κ3) is 3.99. The van der Waals surface area contributed by atoms with Crippen molar-refractivity contribution in [2.45, 2.75) is 110 Å². The molecule has 3 heterocycles. The second-order valence-corrected chi connectivity index (χ2v) is 11.9. The predicted octanol–water partition coefficient (Wildman–Crippen LogP) is 2.19. The van der Waals surface area contributed by atoms with Crippen LogP contribution in [-0.2, 0) is 27.9 Å². The summed E-state index contributed by atoms with van der Waals surface area (Å²) in [6.07, 6.45) is -0.0340. The Bertz CT molecular complexity index is 811. The van der Waals surface area contributed by atoms with E-state index in [9.17, 15) is 0 Å². The van der Waals surface area contributed by atoms with Gasteiger partial charge in [0.1, 0.15) is 0 Å². The van der Waals surface area contributed by atoms with Gasteiger partial charge in [-0.05, 0) is 92.5 Å². The van der Waals surface area contributed by atoms with Gasteiger partial charge in [-0.1, -0.05) is 18.2 Å². The topological polar surface area (TPSA) is 55.4 Å². The molecular formula is C23H37B3O6. The lowest BCUT2D eigenvalue weighted by atomic mass is 9.66. The van der Waals surface area contributed by atoms with Gasteiger partial charge in [0, 0.05) is 0 Å². The van der Waals surface area contributed by atoms with Crippen LogP contribution in [0.4, 0.5) is 0 Å². The van der Waals surface area contributed by atoms with E-state index < -0.39 is 43.8 Å². The van der Waals surface area contributed by atoms with Crippen molar-refractivity contribution in [1.29, 1.82) is 0 Å². The van der Waals surface area contributed by atoms with Crippen molar-refractivity contribution >= 4 is 37.7 Å². The number of rotatable bonds is 3. The first-order valence-electron chi connectivity index (χ1n) is 11.6. The monoisotopic (exact) mass is 442 g/mol. The van der Waals surface area contributed by atoms with E-state index in [1.807, 2.05) is 20.8 Å². The highest BCUT2D eigenvalue weighted by molar-refractivity contribution is 6.69. The molecule has 3 saturated heterocycles. The molecule has 1 atom stereocenters. The van der Waals surface area contributed by atoms with E-state index in [1.54, 1.807) is 0 Å². The van der Waals surface area contributed by atoms with Crippen LogP contribution in [0.5, 0.6) is 0 Å². The minimum atomic E-state index is -0.507. The largest absolute Gasteiger partial charge is 0.494 e. The van der Waals surface area contributed by atoms with Crippen molar-refractivity contribution in [2.75, 3.05) is 0 Å². The van der Waals surface area contributed by atoms with Gasteiger partial charge in [0.2, 0.25) is 0 Å². The van der Waals surface area contributed by atoms with Crippen LogP contribution in [0.1, 0.15) is 76.2 Å². The summed E-state index contributed by atoms with van der Waals surface area (Å²) in [5.74, 6) is 0. The minimum absolute atomic E-state index is 0.0340. The fourth-order valence-corrected chi connectivity index (χ4v) is 3.96. The summed E-state index contributed by atoms with van der Waals surface area (Å²) in [6, 6.07) is 6.16. The SMILES string of the molecule is CC1OB(c2cc(B3OC(C)(C)C(C)(C)O3)cc(B3OC(C)(C)C(C)(C)O3)c2)OC1(C)C. The standard InChI is InChI=1S/C23H37B3O6/c1-15-19(2,3)28-24(27-15)16-12-17(25-29-20(4,5)21(6,7)30-25)14-18(13-16)26-31-22(8,9)23(10,11)32-26/h12-15H,1-11H3. The molecule has 1 aromatic rings. The van der Waals surface area contributed by atoms with Crippen LogP contribution in [0, 0.1) is 0 Å². The van der Waals surface area contributed by atoms with E-state index in [0.717, 1.165) is 16.4 Å². The van der Waals surface area contributed by atoms with E-state index in [-0.39, 0.29) is 11.7 Å². The number of hydrogen-bond acceptors (Lipinski definition) is 6. The van der Waals surface area contributed by atoms with Crippen molar-refractivity contribution in [1.82, 2.24) is 0 Å². The van der Waals surface area contributed by atoms with Crippen molar-refractivity contribution in [3.8, 4) is 0 Å². The number of benzene rings is 1. The van der Waals surface area contributed by atoms with Crippen LogP contribution in [0.15, 0.2) is 18.2 Å². The second kappa shape index (κ2) is 7.33. The zero-order valence-electron chi connectivity index (χ0n) is 21.5. The lowest BCUT2D eigenvalue weighted by Gasteiger charge is -2.32. The van der Waals surface area contributed by atoms with Crippen molar-refractivity contribution in [2.24, 2.45) is 0 Å². The highest BCUT2D eigenvalue weighted by Gasteiger charge is 2.54. The Morgan fingerprint density at radius 1 is 0.531 bits per heavy atom. The lowest BCUT2D eigenvalue weighted by Crippen LogP contribution is -2.47. The van der Waals surface area contributed by atoms with E-state index >= 15 is 0 Å². The normalized spacial score (nSPS) is 29.7. The molecule has 0 N–H and O–H groups in total. The Labute approximate surface area is 194 Å². The molecule has 0 amide bonds. The first-order chi connectivity index (χ1) is 14.4. The van der Waals surface area contributed by atoms with E-state index in [2.05, 4.69) is 73.6 Å². The Balaban J connectivity index is 1.74. The van der Waals surface area contributed by atoms with Crippen LogP contribution in [0.25, 0.3) is 0 Å². The van der Waals surface area contributed by atoms with Gasteiger partial charge in [-0.15, -0.1) is 0 Å². The minimum Gasteiger partial charge on any atom is -0.402 e. The van der Waals surface area contributed by atoms with Crippen molar-refractivity contribution in [3.63, 3.8) is 0 Å². The fraction of sp³-hybridized carbons (Fsp3) is 0.739. The maximum atomic E-state index is 6.34. The van der Waals surface area contributed by atoms with Crippen LogP contribution >= 0.6 is 0 Å². The summed E-state index contributed by atoms with van der Waals surface area (Å²) in [6.45, 7) is 22.6. The predicted molar refractivity (Wildman–Crippen MR) is 129 cm³/mol. The first kappa shape index (κ1) is 24.3. The Morgan fingerprint density at radius 3 is 1.12 bits per heavy atom. The smallest absolute Gasteiger partial charge is 0.402 e. The van der Waals surface area contributed by atoms with Gasteiger partial charge in [0.15, 0.2) is 0 Å². The zero-order chi connectivity index (χ0) is 23.9. The van der Waals surface area contributed by atoms with E-state index in [1.165, 1.54) is 0 Å². The third-order valence-corrected chi connectivity index (χ3v) is 8.04. The van der Waals surface area contributed by atoms with E-state index in [0.29, 0.717) is 0 Å². The zero-order valence-corrected chi connectivity index (χ0v) is 21.5. The molecule has 6 nitrogen and oxygen atoms in total. The lowest BCUT2D eigenvalue weighted by molar-refractivity contribution is 0.00578. The quantitative estimate of drug-likeness (QED) is 0.670. The second-order valence-electron chi connectivity index (χ2n) is 11.9. The van der Waals surface area contributed by atoms with Gasteiger partial charge < -0.3 is 27.9 Å². The molecule has 174 valence electrons. The van der Waals surface area contributed by atoms with Gasteiger partial charge in [-0.2, -0.15) is 0 Å². The van der Waals surface area contributed by atoms with E-state index in [4.69, 9.17) is 27.9 Å². The molecule has 0 bridgehead atoms. The van der Waals surface area contributed by atoms with Crippen molar-refractivity contribution in [3.05, 3.63) is 18.2 Å². The molecule has 0 aliphatic carbocycles. The van der Waals surface area contributed by atoms with Crippen LogP contribution < -0.4 is 16.4 Å². The molecule has 32 heavy (non-hydrogen) atoms. The van der Waals surface area contributed by atoms with Crippen LogP contribution in [-0.4, -0.2) is 55.5 Å². The molecule has 3 fully saturated rings. The maximum Gasteiger partial charge on any atom is 0.494 e. The summed E-state index contributed by atoms with van der Waals surface area (Å²) in [4.78, 5) is 0. The Kier molecular flexibility index (Phi) is 5.57. The molecule has 9 heteroatoms. The summed E-state index contributed by atoms with van der Waals surface area (Å²) < 4.78 is 37.8. The molecule has 0 radical (unpaired) electrons. The average Bonchev–Trinajstić information content (AvgIpc) is 3.13. The number of hydrogen-bond donors (Lipinski definition) is 0. The Hall–Kier alpha value is -0.825. The molecule has 3 aliphatic heterocycles. The van der Waals surface area contributed by atoms with Gasteiger partial charge in [-0.3, -0.25) is 0 Å². The summed E-state index contributed by atoms with van der Waals surface area (Å²) in [5.41, 5.74) is 0.578. The maximum absolute atomic E-state index is 6.34. The van der Waals surface area contributed by atoms with Crippen molar-refractivity contribution < 1.29 is 27.9 Å².